The standard InChI is InChI=1S/C8H7ClF2N2O2/c9-6-1-5(15)2-13-7(6)8(10,11)3-12-4-14/h1-2,4,15H,3H2,(H,12,14). The van der Waals surface area contributed by atoms with Gasteiger partial charge in [0.05, 0.1) is 17.8 Å². The number of nitrogens with one attached hydrogen (secondary N) is 1. The average molecular weight is 237 g/mol. The lowest BCUT2D eigenvalue weighted by molar-refractivity contribution is -0.111. The molecule has 82 valence electrons. The maximum Gasteiger partial charge on any atom is 0.308 e. The van der Waals surface area contributed by atoms with E-state index in [-0.39, 0.29) is 17.2 Å². The van der Waals surface area contributed by atoms with Crippen molar-refractivity contribution in [2.24, 2.45) is 0 Å². The van der Waals surface area contributed by atoms with Crippen LogP contribution in [0, 0.1) is 0 Å². The topological polar surface area (TPSA) is 62.2 Å². The smallest absolute Gasteiger partial charge is 0.308 e. The maximum absolute atomic E-state index is 13.3. The molecule has 4 nitrogen and oxygen atoms in total. The summed E-state index contributed by atoms with van der Waals surface area (Å²) in [4.78, 5) is 13.2. The molecule has 1 heterocycles. The molecular weight excluding hydrogens is 230 g/mol. The summed E-state index contributed by atoms with van der Waals surface area (Å²) < 4.78 is 26.6. The van der Waals surface area contributed by atoms with E-state index in [4.69, 9.17) is 16.7 Å². The highest BCUT2D eigenvalue weighted by molar-refractivity contribution is 6.31. The number of aromatic nitrogens is 1. The fourth-order valence-electron chi connectivity index (χ4n) is 0.951. The number of hydrogen-bond donors (Lipinski definition) is 2. The van der Waals surface area contributed by atoms with E-state index >= 15 is 0 Å². The van der Waals surface area contributed by atoms with E-state index in [2.05, 4.69) is 4.98 Å². The zero-order valence-corrected chi connectivity index (χ0v) is 8.13. The van der Waals surface area contributed by atoms with Gasteiger partial charge in [-0.3, -0.25) is 4.79 Å². The molecule has 1 amide bonds. The van der Waals surface area contributed by atoms with Crippen LogP contribution in [-0.2, 0) is 10.7 Å². The van der Waals surface area contributed by atoms with Crippen molar-refractivity contribution in [3.05, 3.63) is 23.0 Å². The Morgan fingerprint density at radius 2 is 2.33 bits per heavy atom. The molecule has 0 unspecified atom stereocenters. The Morgan fingerprint density at radius 1 is 1.67 bits per heavy atom. The van der Waals surface area contributed by atoms with Gasteiger partial charge in [0, 0.05) is 6.07 Å². The van der Waals surface area contributed by atoms with E-state index in [1.165, 1.54) is 0 Å². The van der Waals surface area contributed by atoms with Crippen LogP contribution >= 0.6 is 11.6 Å². The number of hydrogen-bond acceptors (Lipinski definition) is 3. The first kappa shape index (κ1) is 11.6. The third-order valence-corrected chi connectivity index (χ3v) is 1.87. The Bertz CT molecular complexity index is 374. The van der Waals surface area contributed by atoms with E-state index in [1.54, 1.807) is 0 Å². The largest absolute Gasteiger partial charge is 0.506 e. The van der Waals surface area contributed by atoms with Crippen molar-refractivity contribution >= 4 is 18.0 Å². The summed E-state index contributed by atoms with van der Waals surface area (Å²) in [5.74, 6) is -3.67. The molecule has 1 rings (SSSR count). The van der Waals surface area contributed by atoms with E-state index in [0.29, 0.717) is 0 Å². The summed E-state index contributed by atoms with van der Waals surface area (Å²) in [6.07, 6.45) is 1.01. The Morgan fingerprint density at radius 3 is 2.87 bits per heavy atom. The molecule has 0 spiro atoms. The summed E-state index contributed by atoms with van der Waals surface area (Å²) in [6.45, 7) is -0.895. The van der Waals surface area contributed by atoms with Crippen molar-refractivity contribution in [1.29, 1.82) is 0 Å². The molecule has 1 aromatic rings. The van der Waals surface area contributed by atoms with Gasteiger partial charge in [0.25, 0.3) is 0 Å². The molecule has 0 aliphatic heterocycles. The number of carbonyl (C=O) groups excluding carboxylic acids is 1. The Kier molecular flexibility index (Phi) is 3.41. The first-order valence-corrected chi connectivity index (χ1v) is 4.25. The first-order chi connectivity index (χ1) is 6.97. The molecule has 0 fully saturated rings. The van der Waals surface area contributed by atoms with Gasteiger partial charge >= 0.3 is 5.92 Å². The van der Waals surface area contributed by atoms with Crippen LogP contribution in [0.4, 0.5) is 8.78 Å². The van der Waals surface area contributed by atoms with Gasteiger partial charge < -0.3 is 10.4 Å². The second kappa shape index (κ2) is 4.39. The predicted octanol–water partition coefficient (Wildman–Crippen LogP) is 1.28. The summed E-state index contributed by atoms with van der Waals surface area (Å²) in [6, 6.07) is 0.957. The Hall–Kier alpha value is -1.43. The number of carbonyl (C=O) groups is 1. The lowest BCUT2D eigenvalue weighted by Crippen LogP contribution is -2.30. The van der Waals surface area contributed by atoms with Crippen molar-refractivity contribution in [1.82, 2.24) is 10.3 Å². The molecule has 15 heavy (non-hydrogen) atoms. The zero-order valence-electron chi connectivity index (χ0n) is 7.38. The van der Waals surface area contributed by atoms with Crippen LogP contribution in [0.5, 0.6) is 5.75 Å². The van der Waals surface area contributed by atoms with Crippen LogP contribution in [0.1, 0.15) is 5.69 Å². The van der Waals surface area contributed by atoms with Gasteiger partial charge in [-0.1, -0.05) is 11.6 Å². The van der Waals surface area contributed by atoms with Crippen molar-refractivity contribution in [2.45, 2.75) is 5.92 Å². The molecule has 0 aromatic carbocycles. The van der Waals surface area contributed by atoms with Gasteiger partial charge in [0.15, 0.2) is 0 Å². The number of rotatable bonds is 4. The zero-order chi connectivity index (χ0) is 11.5. The number of aromatic hydroxyl groups is 1. The predicted molar refractivity (Wildman–Crippen MR) is 48.9 cm³/mol. The minimum Gasteiger partial charge on any atom is -0.506 e. The summed E-state index contributed by atoms with van der Waals surface area (Å²) in [7, 11) is 0. The van der Waals surface area contributed by atoms with Crippen LogP contribution < -0.4 is 5.32 Å². The molecule has 2 N–H and O–H groups in total. The second-order valence-electron chi connectivity index (χ2n) is 2.73. The van der Waals surface area contributed by atoms with Crippen LogP contribution in [-0.4, -0.2) is 23.0 Å². The highest BCUT2D eigenvalue weighted by atomic mass is 35.5. The molecule has 0 bridgehead atoms. The minimum absolute atomic E-state index is 0.155. The highest BCUT2D eigenvalue weighted by Gasteiger charge is 2.35. The van der Waals surface area contributed by atoms with E-state index in [1.807, 2.05) is 5.32 Å². The molecule has 0 atom stereocenters. The fourth-order valence-corrected chi connectivity index (χ4v) is 1.25. The van der Waals surface area contributed by atoms with Gasteiger partial charge in [-0.15, -0.1) is 0 Å². The van der Waals surface area contributed by atoms with Gasteiger partial charge in [-0.25, -0.2) is 4.98 Å². The number of alkyl halides is 2. The van der Waals surface area contributed by atoms with Crippen LogP contribution in [0.15, 0.2) is 12.3 Å². The fraction of sp³-hybridized carbons (Fsp3) is 0.250. The monoisotopic (exact) mass is 236 g/mol. The maximum atomic E-state index is 13.3. The number of amides is 1. The van der Waals surface area contributed by atoms with Gasteiger partial charge in [-0.05, 0) is 0 Å². The van der Waals surface area contributed by atoms with E-state index in [0.717, 1.165) is 12.3 Å². The van der Waals surface area contributed by atoms with E-state index < -0.39 is 18.2 Å². The van der Waals surface area contributed by atoms with Crippen LogP contribution in [0.2, 0.25) is 5.02 Å². The van der Waals surface area contributed by atoms with E-state index in [9.17, 15) is 13.6 Å². The van der Waals surface area contributed by atoms with Crippen molar-refractivity contribution < 1.29 is 18.7 Å². The quantitative estimate of drug-likeness (QED) is 0.774. The van der Waals surface area contributed by atoms with Crippen molar-refractivity contribution in [2.75, 3.05) is 6.54 Å². The number of pyridine rings is 1. The Labute approximate surface area is 88.9 Å². The normalized spacial score (nSPS) is 11.1. The summed E-state index contributed by atoms with van der Waals surface area (Å²) in [5.41, 5.74) is -0.684. The molecule has 0 radical (unpaired) electrons. The lowest BCUT2D eigenvalue weighted by atomic mass is 10.2. The third kappa shape index (κ3) is 2.76. The highest BCUT2D eigenvalue weighted by Crippen LogP contribution is 2.32. The summed E-state index contributed by atoms with van der Waals surface area (Å²) >= 11 is 5.47. The molecule has 0 aliphatic carbocycles. The van der Waals surface area contributed by atoms with Gasteiger partial charge in [0.2, 0.25) is 6.41 Å². The minimum atomic E-state index is -3.37. The van der Waals surface area contributed by atoms with Gasteiger partial charge in [-0.2, -0.15) is 8.78 Å². The molecule has 7 heteroatoms. The molecule has 0 aliphatic rings. The number of halogens is 3. The number of nitrogens with zero attached hydrogens (tertiary/aromatic N) is 1. The molecule has 0 saturated heterocycles. The average Bonchev–Trinajstić information content (AvgIpc) is 2.14. The third-order valence-electron chi connectivity index (χ3n) is 1.58. The molecule has 0 saturated carbocycles. The van der Waals surface area contributed by atoms with Crippen molar-refractivity contribution in [3.63, 3.8) is 0 Å². The van der Waals surface area contributed by atoms with Gasteiger partial charge in [0.1, 0.15) is 11.4 Å². The van der Waals surface area contributed by atoms with Crippen molar-refractivity contribution in [3.8, 4) is 5.75 Å². The molecule has 1 aromatic heterocycles. The summed E-state index contributed by atoms with van der Waals surface area (Å²) in [5, 5.41) is 10.4. The lowest BCUT2D eigenvalue weighted by Gasteiger charge is -2.15. The van der Waals surface area contributed by atoms with Crippen LogP contribution in [0.3, 0.4) is 0 Å². The second-order valence-corrected chi connectivity index (χ2v) is 3.13. The SMILES string of the molecule is O=CNCC(F)(F)c1ncc(O)cc1Cl. The molecular formula is C8H7ClF2N2O2. The Balaban J connectivity index is 2.98. The van der Waals surface area contributed by atoms with Crippen LogP contribution in [0.25, 0.3) is 0 Å². The first-order valence-electron chi connectivity index (χ1n) is 3.87.